The van der Waals surface area contributed by atoms with Gasteiger partial charge < -0.3 is 20.8 Å². The van der Waals surface area contributed by atoms with Crippen molar-refractivity contribution in [1.82, 2.24) is 5.32 Å². The number of benzene rings is 1. The summed E-state index contributed by atoms with van der Waals surface area (Å²) < 4.78 is 0. The van der Waals surface area contributed by atoms with E-state index in [1.807, 2.05) is 0 Å². The Hall–Kier alpha value is -1.79. The molecule has 4 N–H and O–H groups in total. The lowest BCUT2D eigenvalue weighted by molar-refractivity contribution is -0.140. The second-order valence-electron chi connectivity index (χ2n) is 3.18. The third-order valence-corrected chi connectivity index (χ3v) is 2.14. The zero-order chi connectivity index (χ0) is 12.8. The first kappa shape index (κ1) is 13.3. The highest BCUT2D eigenvalue weighted by atomic mass is 35.5. The normalized spacial score (nSPS) is 11.6. The maximum atomic E-state index is 11.3. The van der Waals surface area contributed by atoms with E-state index in [9.17, 15) is 9.59 Å². The van der Waals surface area contributed by atoms with Crippen LogP contribution in [-0.2, 0) is 4.79 Å². The molecule has 0 saturated carbocycles. The number of urea groups is 1. The predicted molar refractivity (Wildman–Crippen MR) is 62.1 cm³/mol. The molecule has 0 radical (unpaired) electrons. The first-order valence-corrected chi connectivity index (χ1v) is 5.07. The minimum Gasteiger partial charge on any atom is -0.480 e. The number of halogens is 1. The summed E-state index contributed by atoms with van der Waals surface area (Å²) >= 11 is 5.66. The van der Waals surface area contributed by atoms with Crippen LogP contribution >= 0.6 is 11.6 Å². The van der Waals surface area contributed by atoms with Crippen molar-refractivity contribution in [2.24, 2.45) is 0 Å². The van der Waals surface area contributed by atoms with E-state index in [1.165, 1.54) is 0 Å². The Morgan fingerprint density at radius 1 is 1.29 bits per heavy atom. The lowest BCUT2D eigenvalue weighted by Crippen LogP contribution is -2.45. The van der Waals surface area contributed by atoms with Gasteiger partial charge in [-0.25, -0.2) is 9.59 Å². The highest BCUT2D eigenvalue weighted by Crippen LogP contribution is 2.13. The minimum atomic E-state index is -1.33. The molecule has 0 aromatic heterocycles. The molecule has 92 valence electrons. The van der Waals surface area contributed by atoms with E-state index < -0.39 is 24.6 Å². The van der Waals surface area contributed by atoms with E-state index in [1.54, 1.807) is 24.3 Å². The summed E-state index contributed by atoms with van der Waals surface area (Å²) in [6.07, 6.45) is 0. The average molecular weight is 259 g/mol. The van der Waals surface area contributed by atoms with Crippen LogP contribution in [0.1, 0.15) is 0 Å². The molecule has 2 amide bonds. The molecule has 7 heteroatoms. The lowest BCUT2D eigenvalue weighted by Gasteiger charge is -2.12. The number of hydrogen-bond acceptors (Lipinski definition) is 3. The molecule has 1 aromatic rings. The second-order valence-corrected chi connectivity index (χ2v) is 3.62. The molecule has 0 aliphatic rings. The van der Waals surface area contributed by atoms with Crippen molar-refractivity contribution >= 4 is 29.3 Å². The molecule has 17 heavy (non-hydrogen) atoms. The van der Waals surface area contributed by atoms with Crippen LogP contribution in [0.15, 0.2) is 24.3 Å². The molecule has 0 saturated heterocycles. The molecule has 0 heterocycles. The van der Waals surface area contributed by atoms with Crippen molar-refractivity contribution in [3.8, 4) is 0 Å². The Kier molecular flexibility index (Phi) is 4.74. The Labute approximate surface area is 102 Å². The molecule has 1 aromatic carbocycles. The largest absolute Gasteiger partial charge is 0.480 e. The fourth-order valence-corrected chi connectivity index (χ4v) is 1.17. The van der Waals surface area contributed by atoms with Crippen LogP contribution in [0.25, 0.3) is 0 Å². The Bertz CT molecular complexity index is 407. The lowest BCUT2D eigenvalue weighted by atomic mass is 10.3. The summed E-state index contributed by atoms with van der Waals surface area (Å²) in [4.78, 5) is 21.9. The average Bonchev–Trinajstić information content (AvgIpc) is 2.28. The van der Waals surface area contributed by atoms with Crippen LogP contribution in [0, 0.1) is 0 Å². The summed E-state index contributed by atoms with van der Waals surface area (Å²) in [5.74, 6) is -1.31. The number of aliphatic carboxylic acids is 1. The van der Waals surface area contributed by atoms with Gasteiger partial charge in [-0.2, -0.15) is 0 Å². The van der Waals surface area contributed by atoms with Crippen LogP contribution < -0.4 is 10.6 Å². The number of nitrogens with one attached hydrogen (secondary N) is 2. The smallest absolute Gasteiger partial charge is 0.328 e. The number of carbonyl (C=O) groups excluding carboxylic acids is 1. The van der Waals surface area contributed by atoms with Gasteiger partial charge in [-0.3, -0.25) is 0 Å². The number of carboxylic acid groups (broad SMARTS) is 1. The van der Waals surface area contributed by atoms with E-state index in [0.29, 0.717) is 10.7 Å². The number of carboxylic acids is 1. The summed E-state index contributed by atoms with van der Waals surface area (Å²) in [7, 11) is 0. The molecular formula is C10H11ClN2O4. The summed E-state index contributed by atoms with van der Waals surface area (Å²) in [6, 6.07) is 4.25. The maximum absolute atomic E-state index is 11.3. The van der Waals surface area contributed by atoms with E-state index in [0.717, 1.165) is 0 Å². The fourth-order valence-electron chi connectivity index (χ4n) is 1.04. The first-order chi connectivity index (χ1) is 8.02. The van der Waals surface area contributed by atoms with Crippen LogP contribution in [-0.4, -0.2) is 34.9 Å². The SMILES string of the molecule is O=C(Nc1ccc(Cl)cc1)NC(CO)C(=O)O. The third kappa shape index (κ3) is 4.29. The Morgan fingerprint density at radius 2 is 1.88 bits per heavy atom. The molecule has 1 unspecified atom stereocenters. The number of aliphatic hydroxyl groups excluding tert-OH is 1. The molecular weight excluding hydrogens is 248 g/mol. The predicted octanol–water partition coefficient (Wildman–Crippen LogP) is 0.907. The van der Waals surface area contributed by atoms with Crippen LogP contribution in [0.2, 0.25) is 5.02 Å². The topological polar surface area (TPSA) is 98.7 Å². The van der Waals surface area contributed by atoms with Gasteiger partial charge in [0.25, 0.3) is 0 Å². The maximum Gasteiger partial charge on any atom is 0.328 e. The molecule has 0 spiro atoms. The number of aliphatic hydroxyl groups is 1. The van der Waals surface area contributed by atoms with E-state index >= 15 is 0 Å². The third-order valence-electron chi connectivity index (χ3n) is 1.89. The van der Waals surface area contributed by atoms with E-state index in [-0.39, 0.29) is 0 Å². The summed E-state index contributed by atoms with van der Waals surface area (Å²) in [5, 5.41) is 22.3. The standard InChI is InChI=1S/C10H11ClN2O4/c11-6-1-3-7(4-2-6)12-10(17)13-8(5-14)9(15)16/h1-4,8,14H,5H2,(H,15,16)(H2,12,13,17). The Balaban J connectivity index is 2.54. The fraction of sp³-hybridized carbons (Fsp3) is 0.200. The summed E-state index contributed by atoms with van der Waals surface area (Å²) in [6.45, 7) is -0.677. The van der Waals surface area contributed by atoms with Crippen LogP contribution in [0.4, 0.5) is 10.5 Å². The van der Waals surface area contributed by atoms with Crippen molar-refractivity contribution in [3.05, 3.63) is 29.3 Å². The van der Waals surface area contributed by atoms with Crippen molar-refractivity contribution < 1.29 is 19.8 Å². The summed E-state index contributed by atoms with van der Waals surface area (Å²) in [5.41, 5.74) is 0.467. The van der Waals surface area contributed by atoms with E-state index in [4.69, 9.17) is 21.8 Å². The zero-order valence-electron chi connectivity index (χ0n) is 8.68. The number of amides is 2. The van der Waals surface area contributed by atoms with Gasteiger partial charge in [0.05, 0.1) is 6.61 Å². The Morgan fingerprint density at radius 3 is 2.35 bits per heavy atom. The highest BCUT2D eigenvalue weighted by molar-refractivity contribution is 6.30. The van der Waals surface area contributed by atoms with Gasteiger partial charge in [0.1, 0.15) is 0 Å². The number of hydrogen-bond donors (Lipinski definition) is 4. The number of carbonyl (C=O) groups is 2. The van der Waals surface area contributed by atoms with Gasteiger partial charge in [0.2, 0.25) is 0 Å². The minimum absolute atomic E-state index is 0.467. The number of anilines is 1. The van der Waals surface area contributed by atoms with Crippen molar-refractivity contribution in [2.45, 2.75) is 6.04 Å². The molecule has 0 fully saturated rings. The van der Waals surface area contributed by atoms with Crippen LogP contribution in [0.3, 0.4) is 0 Å². The molecule has 0 aliphatic heterocycles. The van der Waals surface area contributed by atoms with Gasteiger partial charge in [-0.05, 0) is 24.3 Å². The molecule has 1 atom stereocenters. The van der Waals surface area contributed by atoms with Crippen molar-refractivity contribution in [2.75, 3.05) is 11.9 Å². The number of rotatable bonds is 4. The van der Waals surface area contributed by atoms with E-state index in [2.05, 4.69) is 10.6 Å². The zero-order valence-corrected chi connectivity index (χ0v) is 9.44. The van der Waals surface area contributed by atoms with Gasteiger partial charge in [0, 0.05) is 10.7 Å². The van der Waals surface area contributed by atoms with Gasteiger partial charge in [0.15, 0.2) is 6.04 Å². The monoisotopic (exact) mass is 258 g/mol. The van der Waals surface area contributed by atoms with Gasteiger partial charge in [-0.15, -0.1) is 0 Å². The van der Waals surface area contributed by atoms with Crippen LogP contribution in [0.5, 0.6) is 0 Å². The van der Waals surface area contributed by atoms with Gasteiger partial charge in [-0.1, -0.05) is 11.6 Å². The molecule has 6 nitrogen and oxygen atoms in total. The first-order valence-electron chi connectivity index (χ1n) is 4.69. The second kappa shape index (κ2) is 6.07. The molecule has 0 bridgehead atoms. The molecule has 1 rings (SSSR count). The molecule has 0 aliphatic carbocycles. The highest BCUT2D eigenvalue weighted by Gasteiger charge is 2.18. The van der Waals surface area contributed by atoms with Crippen molar-refractivity contribution in [3.63, 3.8) is 0 Å². The quantitative estimate of drug-likeness (QED) is 0.645. The van der Waals surface area contributed by atoms with Crippen molar-refractivity contribution in [1.29, 1.82) is 0 Å². The van der Waals surface area contributed by atoms with Gasteiger partial charge >= 0.3 is 12.0 Å².